The summed E-state index contributed by atoms with van der Waals surface area (Å²) in [5.41, 5.74) is 7.09. The minimum atomic E-state index is -0.572. The molecule has 0 saturated heterocycles. The van der Waals surface area contributed by atoms with Gasteiger partial charge in [0.05, 0.1) is 18.2 Å². The number of thiophene rings is 1. The highest BCUT2D eigenvalue weighted by Gasteiger charge is 2.24. The summed E-state index contributed by atoms with van der Waals surface area (Å²) in [6, 6.07) is -0.572. The van der Waals surface area contributed by atoms with Crippen molar-refractivity contribution < 1.29 is 14.3 Å². The Morgan fingerprint density at radius 1 is 1.33 bits per heavy atom. The smallest absolute Gasteiger partial charge is 0.341 e. The number of aryl methyl sites for hydroxylation is 1. The second-order valence-electron chi connectivity index (χ2n) is 4.42. The van der Waals surface area contributed by atoms with Gasteiger partial charge in [-0.2, -0.15) is 0 Å². The highest BCUT2D eigenvalue weighted by atomic mass is 35.5. The van der Waals surface area contributed by atoms with Crippen LogP contribution in [0.15, 0.2) is 0 Å². The van der Waals surface area contributed by atoms with Gasteiger partial charge in [0.1, 0.15) is 5.00 Å². The molecule has 0 aliphatic carbocycles. The standard InChI is InChI=1S/C14H22N2O3S.ClH/c1-5-9-8(4)20-13(11(9)14(18)19-7-3)16-12(17)10(15)6-2;/h10H,5-7,15H2,1-4H3,(H,16,17);1H/t10-;/m0./s1. The van der Waals surface area contributed by atoms with Crippen molar-refractivity contribution in [3.63, 3.8) is 0 Å². The fourth-order valence-electron chi connectivity index (χ4n) is 1.90. The van der Waals surface area contributed by atoms with Crippen molar-refractivity contribution in [2.75, 3.05) is 11.9 Å². The van der Waals surface area contributed by atoms with Gasteiger partial charge in [-0.15, -0.1) is 23.7 Å². The van der Waals surface area contributed by atoms with E-state index in [1.165, 1.54) is 11.3 Å². The molecule has 7 heteroatoms. The van der Waals surface area contributed by atoms with Crippen LogP contribution in [0.4, 0.5) is 5.00 Å². The summed E-state index contributed by atoms with van der Waals surface area (Å²) in [4.78, 5) is 25.0. The molecule has 21 heavy (non-hydrogen) atoms. The topological polar surface area (TPSA) is 81.4 Å². The van der Waals surface area contributed by atoms with Crippen LogP contribution in [0.25, 0.3) is 0 Å². The molecule has 1 rings (SSSR count). The second kappa shape index (κ2) is 9.02. The molecule has 0 bridgehead atoms. The minimum Gasteiger partial charge on any atom is -0.462 e. The predicted molar refractivity (Wildman–Crippen MR) is 88.5 cm³/mol. The van der Waals surface area contributed by atoms with E-state index in [4.69, 9.17) is 10.5 Å². The number of anilines is 1. The van der Waals surface area contributed by atoms with E-state index in [1.807, 2.05) is 20.8 Å². The van der Waals surface area contributed by atoms with Crippen LogP contribution >= 0.6 is 23.7 Å². The number of ether oxygens (including phenoxy) is 1. The Labute approximate surface area is 135 Å². The highest BCUT2D eigenvalue weighted by Crippen LogP contribution is 2.34. The predicted octanol–water partition coefficient (Wildman–Crippen LogP) is 2.89. The number of nitrogens with one attached hydrogen (secondary N) is 1. The fraction of sp³-hybridized carbons (Fsp3) is 0.571. The zero-order valence-corrected chi connectivity index (χ0v) is 14.5. The van der Waals surface area contributed by atoms with Crippen LogP contribution < -0.4 is 11.1 Å². The summed E-state index contributed by atoms with van der Waals surface area (Å²) in [6.45, 7) is 7.81. The number of carbonyl (C=O) groups is 2. The van der Waals surface area contributed by atoms with E-state index in [9.17, 15) is 9.59 Å². The van der Waals surface area contributed by atoms with E-state index in [1.54, 1.807) is 6.92 Å². The highest BCUT2D eigenvalue weighted by molar-refractivity contribution is 7.16. The third kappa shape index (κ3) is 4.69. The van der Waals surface area contributed by atoms with Crippen LogP contribution in [-0.4, -0.2) is 24.5 Å². The summed E-state index contributed by atoms with van der Waals surface area (Å²) in [5.74, 6) is -0.670. The lowest BCUT2D eigenvalue weighted by Crippen LogP contribution is -2.35. The van der Waals surface area contributed by atoms with Crippen molar-refractivity contribution in [3.05, 3.63) is 16.0 Å². The van der Waals surface area contributed by atoms with Gasteiger partial charge < -0.3 is 15.8 Å². The van der Waals surface area contributed by atoms with E-state index in [0.717, 1.165) is 10.4 Å². The molecule has 1 aromatic heterocycles. The van der Waals surface area contributed by atoms with Crippen LogP contribution in [-0.2, 0) is 16.0 Å². The molecule has 0 aromatic carbocycles. The molecular formula is C14H23ClN2O3S. The van der Waals surface area contributed by atoms with Crippen molar-refractivity contribution in [1.29, 1.82) is 0 Å². The summed E-state index contributed by atoms with van der Waals surface area (Å²) < 4.78 is 5.08. The van der Waals surface area contributed by atoms with Gasteiger partial charge in [0.25, 0.3) is 0 Å². The first kappa shape index (κ1) is 19.9. The average Bonchev–Trinajstić information content (AvgIpc) is 2.73. The van der Waals surface area contributed by atoms with Crippen molar-refractivity contribution in [1.82, 2.24) is 0 Å². The van der Waals surface area contributed by atoms with E-state index >= 15 is 0 Å². The van der Waals surface area contributed by atoms with E-state index in [-0.39, 0.29) is 18.3 Å². The first-order chi connectivity index (χ1) is 9.46. The van der Waals surface area contributed by atoms with Crippen molar-refractivity contribution in [3.8, 4) is 0 Å². The maximum atomic E-state index is 12.1. The lowest BCUT2D eigenvalue weighted by molar-refractivity contribution is -0.117. The van der Waals surface area contributed by atoms with Gasteiger partial charge in [-0.25, -0.2) is 4.79 Å². The van der Waals surface area contributed by atoms with E-state index in [2.05, 4.69) is 5.32 Å². The van der Waals surface area contributed by atoms with E-state index in [0.29, 0.717) is 30.0 Å². The lowest BCUT2D eigenvalue weighted by atomic mass is 10.1. The second-order valence-corrected chi connectivity index (χ2v) is 5.64. The number of halogens is 1. The number of nitrogens with two attached hydrogens (primary N) is 1. The lowest BCUT2D eigenvalue weighted by Gasteiger charge is -2.10. The molecule has 5 nitrogen and oxygen atoms in total. The Balaban J connectivity index is 0.00000400. The van der Waals surface area contributed by atoms with Crippen molar-refractivity contribution >= 4 is 40.6 Å². The van der Waals surface area contributed by atoms with Gasteiger partial charge >= 0.3 is 5.97 Å². The normalized spacial score (nSPS) is 11.5. The summed E-state index contributed by atoms with van der Waals surface area (Å²) in [7, 11) is 0. The Bertz CT molecular complexity index is 503. The number of carbonyl (C=O) groups excluding carboxylic acids is 2. The summed E-state index contributed by atoms with van der Waals surface area (Å²) >= 11 is 1.39. The van der Waals surface area contributed by atoms with Crippen molar-refractivity contribution in [2.45, 2.75) is 46.6 Å². The van der Waals surface area contributed by atoms with Gasteiger partial charge in [-0.1, -0.05) is 13.8 Å². The molecule has 0 saturated carbocycles. The molecule has 1 atom stereocenters. The third-order valence-electron chi connectivity index (χ3n) is 3.06. The Morgan fingerprint density at radius 3 is 2.43 bits per heavy atom. The number of esters is 1. The number of amides is 1. The zero-order chi connectivity index (χ0) is 15.3. The molecular weight excluding hydrogens is 312 g/mol. The number of rotatable bonds is 6. The third-order valence-corrected chi connectivity index (χ3v) is 4.12. The van der Waals surface area contributed by atoms with Crippen LogP contribution in [0.5, 0.6) is 0 Å². The molecule has 0 radical (unpaired) electrons. The summed E-state index contributed by atoms with van der Waals surface area (Å²) in [5, 5.41) is 3.28. The number of hydrogen-bond donors (Lipinski definition) is 2. The molecule has 1 heterocycles. The fourth-order valence-corrected chi connectivity index (χ4v) is 3.04. The van der Waals surface area contributed by atoms with Gasteiger partial charge in [-0.05, 0) is 32.3 Å². The zero-order valence-electron chi connectivity index (χ0n) is 12.8. The van der Waals surface area contributed by atoms with E-state index < -0.39 is 12.0 Å². The van der Waals surface area contributed by atoms with Crippen molar-refractivity contribution in [2.24, 2.45) is 5.73 Å². The molecule has 120 valence electrons. The van der Waals surface area contributed by atoms with Crippen LogP contribution in [0.1, 0.15) is 48.0 Å². The van der Waals surface area contributed by atoms with Gasteiger partial charge in [0, 0.05) is 4.88 Å². The molecule has 0 unspecified atom stereocenters. The van der Waals surface area contributed by atoms with Gasteiger partial charge in [-0.3, -0.25) is 4.79 Å². The monoisotopic (exact) mass is 334 g/mol. The Hall–Kier alpha value is -1.11. The molecule has 0 aliphatic rings. The average molecular weight is 335 g/mol. The van der Waals surface area contributed by atoms with Crippen LogP contribution in [0.3, 0.4) is 0 Å². The maximum absolute atomic E-state index is 12.1. The molecule has 0 spiro atoms. The first-order valence-electron chi connectivity index (χ1n) is 6.81. The van der Waals surface area contributed by atoms with Crippen LogP contribution in [0.2, 0.25) is 0 Å². The molecule has 3 N–H and O–H groups in total. The Morgan fingerprint density at radius 2 is 1.95 bits per heavy atom. The first-order valence-corrected chi connectivity index (χ1v) is 7.63. The quantitative estimate of drug-likeness (QED) is 0.784. The minimum absolute atomic E-state index is 0. The maximum Gasteiger partial charge on any atom is 0.341 e. The van der Waals surface area contributed by atoms with Gasteiger partial charge in [0.2, 0.25) is 5.91 Å². The molecule has 0 aliphatic heterocycles. The molecule has 0 fully saturated rings. The SMILES string of the molecule is CCOC(=O)c1c(NC(=O)[C@@H](N)CC)sc(C)c1CC.Cl. The number of hydrogen-bond acceptors (Lipinski definition) is 5. The summed E-state index contributed by atoms with van der Waals surface area (Å²) in [6.07, 6.45) is 1.26. The molecule has 1 aromatic rings. The largest absolute Gasteiger partial charge is 0.462 e. The van der Waals surface area contributed by atoms with Gasteiger partial charge in [0.15, 0.2) is 0 Å². The molecule has 1 amide bonds. The Kier molecular flexibility index (Phi) is 8.54. The van der Waals surface area contributed by atoms with Crippen LogP contribution in [0, 0.1) is 6.92 Å².